The molecule has 0 aliphatic rings. The van der Waals surface area contributed by atoms with Crippen LogP contribution in [0.2, 0.25) is 0 Å². The van der Waals surface area contributed by atoms with Crippen molar-refractivity contribution in [3.05, 3.63) is 30.6 Å². The molecule has 0 N–H and O–H groups in total. The number of aryl methyl sites for hydroxylation is 1. The van der Waals surface area contributed by atoms with Crippen LogP contribution >= 0.6 is 0 Å². The van der Waals surface area contributed by atoms with E-state index in [4.69, 9.17) is 4.42 Å². The van der Waals surface area contributed by atoms with Gasteiger partial charge in [0.1, 0.15) is 11.5 Å². The summed E-state index contributed by atoms with van der Waals surface area (Å²) in [5.41, 5.74) is 0. The van der Waals surface area contributed by atoms with E-state index in [-0.39, 0.29) is 0 Å². The molecule has 0 aromatic carbocycles. The summed E-state index contributed by atoms with van der Waals surface area (Å²) < 4.78 is 5.27. The van der Waals surface area contributed by atoms with Gasteiger partial charge in [-0.25, -0.2) is 0 Å². The molecule has 0 bridgehead atoms. The van der Waals surface area contributed by atoms with Crippen LogP contribution in [-0.2, 0) is 6.42 Å². The van der Waals surface area contributed by atoms with Gasteiger partial charge in [0.15, 0.2) is 0 Å². The van der Waals surface area contributed by atoms with Crippen LogP contribution in [0.3, 0.4) is 0 Å². The van der Waals surface area contributed by atoms with Crippen LogP contribution in [0, 0.1) is 6.92 Å². The molecule has 1 aromatic rings. The zero-order valence-corrected chi connectivity index (χ0v) is 6.39. The second kappa shape index (κ2) is 3.45. The summed E-state index contributed by atoms with van der Waals surface area (Å²) in [5, 5.41) is 0. The van der Waals surface area contributed by atoms with Gasteiger partial charge in [-0.05, 0) is 18.6 Å². The Morgan fingerprint density at radius 3 is 2.80 bits per heavy atom. The summed E-state index contributed by atoms with van der Waals surface area (Å²) in [6.45, 7) is 5.86. The highest BCUT2D eigenvalue weighted by atomic mass is 16.3. The lowest BCUT2D eigenvalue weighted by Crippen LogP contribution is -1.78. The lowest BCUT2D eigenvalue weighted by molar-refractivity contribution is 0.487. The third-order valence-corrected chi connectivity index (χ3v) is 1.49. The van der Waals surface area contributed by atoms with Gasteiger partial charge >= 0.3 is 0 Å². The van der Waals surface area contributed by atoms with Crippen molar-refractivity contribution >= 4 is 0 Å². The molecule has 1 heteroatoms. The maximum absolute atomic E-state index is 5.27. The highest BCUT2D eigenvalue weighted by Gasteiger charge is 1.95. The molecule has 1 aromatic heterocycles. The highest BCUT2D eigenvalue weighted by Crippen LogP contribution is 2.08. The summed E-state index contributed by atoms with van der Waals surface area (Å²) in [7, 11) is 0. The van der Waals surface area contributed by atoms with E-state index in [2.05, 4.69) is 13.8 Å². The fourth-order valence-electron chi connectivity index (χ4n) is 0.908. The molecular weight excluding hydrogens is 124 g/mol. The summed E-state index contributed by atoms with van der Waals surface area (Å²) in [6, 6.07) is 3.91. The van der Waals surface area contributed by atoms with Crippen molar-refractivity contribution < 1.29 is 4.42 Å². The van der Waals surface area contributed by atoms with E-state index in [1.807, 2.05) is 12.1 Å². The van der Waals surface area contributed by atoms with Crippen molar-refractivity contribution in [1.82, 2.24) is 0 Å². The minimum absolute atomic E-state index is 0.770. The van der Waals surface area contributed by atoms with Crippen LogP contribution in [0.25, 0.3) is 0 Å². The first-order valence-corrected chi connectivity index (χ1v) is 3.73. The molecule has 0 saturated heterocycles. The number of rotatable bonds is 3. The zero-order chi connectivity index (χ0) is 7.40. The second-order valence-electron chi connectivity index (χ2n) is 2.47. The molecule has 1 radical (unpaired) electrons. The minimum atomic E-state index is 0.770. The number of unbranched alkanes of at least 4 members (excludes halogenated alkanes) is 1. The van der Waals surface area contributed by atoms with E-state index >= 15 is 0 Å². The highest BCUT2D eigenvalue weighted by molar-refractivity contribution is 5.08. The van der Waals surface area contributed by atoms with Crippen molar-refractivity contribution in [2.24, 2.45) is 0 Å². The fraction of sp³-hybridized carbons (Fsp3) is 0.444. The van der Waals surface area contributed by atoms with Gasteiger partial charge in [0.2, 0.25) is 0 Å². The van der Waals surface area contributed by atoms with E-state index in [1.54, 1.807) is 0 Å². The van der Waals surface area contributed by atoms with Gasteiger partial charge in [-0.3, -0.25) is 0 Å². The Balaban J connectivity index is 2.42. The van der Waals surface area contributed by atoms with Crippen molar-refractivity contribution in [1.29, 1.82) is 0 Å². The van der Waals surface area contributed by atoms with Gasteiger partial charge in [-0.1, -0.05) is 13.3 Å². The minimum Gasteiger partial charge on any atom is -0.466 e. The first-order chi connectivity index (χ1) is 4.83. The number of hydrogen-bond donors (Lipinski definition) is 0. The molecule has 1 rings (SSSR count). The third kappa shape index (κ3) is 1.90. The van der Waals surface area contributed by atoms with E-state index < -0.39 is 0 Å². The Kier molecular flexibility index (Phi) is 2.55. The standard InChI is InChI=1S/C9H13O/c1-3-4-5-9-7-6-8(2)10-9/h6-7H,2-5H2,1H3. The van der Waals surface area contributed by atoms with Crippen LogP contribution in [0.5, 0.6) is 0 Å². The largest absolute Gasteiger partial charge is 0.466 e. The molecule has 0 aliphatic heterocycles. The Bertz CT molecular complexity index is 188. The summed E-state index contributed by atoms with van der Waals surface area (Å²) in [5.74, 6) is 1.83. The molecule has 0 atom stereocenters. The number of hydrogen-bond acceptors (Lipinski definition) is 1. The van der Waals surface area contributed by atoms with Gasteiger partial charge in [0.25, 0.3) is 0 Å². The van der Waals surface area contributed by atoms with Crippen molar-refractivity contribution in [2.45, 2.75) is 26.2 Å². The zero-order valence-electron chi connectivity index (χ0n) is 6.39. The molecule has 10 heavy (non-hydrogen) atoms. The summed E-state index contributed by atoms with van der Waals surface area (Å²) in [6.07, 6.45) is 3.46. The normalized spacial score (nSPS) is 10.2. The van der Waals surface area contributed by atoms with Gasteiger partial charge in [0, 0.05) is 13.3 Å². The molecule has 0 amide bonds. The summed E-state index contributed by atoms with van der Waals surface area (Å²) in [4.78, 5) is 0. The maximum atomic E-state index is 5.27. The molecule has 1 heterocycles. The SMILES string of the molecule is [CH2]c1ccc(CCCC)o1. The third-order valence-electron chi connectivity index (χ3n) is 1.49. The molecule has 0 spiro atoms. The van der Waals surface area contributed by atoms with Gasteiger partial charge in [0.05, 0.1) is 0 Å². The Hall–Kier alpha value is -0.720. The predicted molar refractivity (Wildman–Crippen MR) is 41.8 cm³/mol. The van der Waals surface area contributed by atoms with Crippen LogP contribution in [-0.4, -0.2) is 0 Å². The Morgan fingerprint density at radius 1 is 1.50 bits per heavy atom. The quantitative estimate of drug-likeness (QED) is 0.624. The van der Waals surface area contributed by atoms with Crippen molar-refractivity contribution in [3.8, 4) is 0 Å². The molecular formula is C9H13O. The molecule has 1 nitrogen and oxygen atoms in total. The van der Waals surface area contributed by atoms with Crippen molar-refractivity contribution in [3.63, 3.8) is 0 Å². The molecule has 0 unspecified atom stereocenters. The Labute approximate surface area is 62.1 Å². The van der Waals surface area contributed by atoms with Crippen LogP contribution in [0.1, 0.15) is 31.3 Å². The molecule has 55 valence electrons. The molecule has 0 aliphatic carbocycles. The van der Waals surface area contributed by atoms with Crippen molar-refractivity contribution in [2.75, 3.05) is 0 Å². The average molecular weight is 137 g/mol. The first kappa shape index (κ1) is 7.39. The topological polar surface area (TPSA) is 13.1 Å². The van der Waals surface area contributed by atoms with Crippen LogP contribution in [0.15, 0.2) is 16.5 Å². The molecule has 0 saturated carbocycles. The van der Waals surface area contributed by atoms with Gasteiger partial charge < -0.3 is 4.42 Å². The summed E-state index contributed by atoms with van der Waals surface area (Å²) >= 11 is 0. The van der Waals surface area contributed by atoms with Crippen LogP contribution < -0.4 is 0 Å². The lowest BCUT2D eigenvalue weighted by Gasteiger charge is -1.91. The van der Waals surface area contributed by atoms with Gasteiger partial charge in [-0.2, -0.15) is 0 Å². The Morgan fingerprint density at radius 2 is 2.30 bits per heavy atom. The van der Waals surface area contributed by atoms with Gasteiger partial charge in [-0.15, -0.1) is 0 Å². The van der Waals surface area contributed by atoms with E-state index in [1.165, 1.54) is 12.8 Å². The second-order valence-corrected chi connectivity index (χ2v) is 2.47. The lowest BCUT2D eigenvalue weighted by atomic mass is 10.2. The van der Waals surface area contributed by atoms with E-state index in [0.717, 1.165) is 17.9 Å². The predicted octanol–water partition coefficient (Wildman–Crippen LogP) is 2.80. The smallest absolute Gasteiger partial charge is 0.104 e. The monoisotopic (exact) mass is 137 g/mol. The first-order valence-electron chi connectivity index (χ1n) is 3.73. The molecule has 0 fully saturated rings. The number of furan rings is 1. The van der Waals surface area contributed by atoms with E-state index in [9.17, 15) is 0 Å². The van der Waals surface area contributed by atoms with Crippen LogP contribution in [0.4, 0.5) is 0 Å². The van der Waals surface area contributed by atoms with E-state index in [0.29, 0.717) is 0 Å². The average Bonchev–Trinajstić information content (AvgIpc) is 2.31. The maximum Gasteiger partial charge on any atom is 0.104 e. The fourth-order valence-corrected chi connectivity index (χ4v) is 0.908.